The highest BCUT2D eigenvalue weighted by atomic mass is 15.1. The highest BCUT2D eigenvalue weighted by Crippen LogP contribution is 2.24. The van der Waals surface area contributed by atoms with Gasteiger partial charge in [0.15, 0.2) is 0 Å². The first kappa shape index (κ1) is 11.3. The molecule has 0 spiro atoms. The van der Waals surface area contributed by atoms with E-state index in [0.29, 0.717) is 17.9 Å². The van der Waals surface area contributed by atoms with Gasteiger partial charge in [0.1, 0.15) is 0 Å². The Kier molecular flexibility index (Phi) is 3.73. The van der Waals surface area contributed by atoms with E-state index in [1.54, 1.807) is 0 Å². The van der Waals surface area contributed by atoms with Gasteiger partial charge in [0, 0.05) is 17.9 Å². The van der Waals surface area contributed by atoms with Gasteiger partial charge in [-0.15, -0.1) is 0 Å². The van der Waals surface area contributed by atoms with Gasteiger partial charge in [-0.05, 0) is 25.2 Å². The second-order valence-corrected chi connectivity index (χ2v) is 4.52. The first-order valence-electron chi connectivity index (χ1n) is 5.59. The van der Waals surface area contributed by atoms with Crippen LogP contribution in [-0.2, 0) is 0 Å². The lowest BCUT2D eigenvalue weighted by Crippen LogP contribution is -2.14. The summed E-state index contributed by atoms with van der Waals surface area (Å²) in [6.45, 7) is 11.3. The number of nitrogens with zero attached hydrogens (tertiary/aromatic N) is 2. The monoisotopic (exact) mass is 194 g/mol. The molecule has 14 heavy (non-hydrogen) atoms. The summed E-state index contributed by atoms with van der Waals surface area (Å²) in [4.78, 5) is 4.26. The Morgan fingerprint density at radius 1 is 1.29 bits per heavy atom. The fourth-order valence-electron chi connectivity index (χ4n) is 1.57. The first-order chi connectivity index (χ1) is 6.57. The fourth-order valence-corrected chi connectivity index (χ4v) is 1.57. The molecule has 0 N–H and O–H groups in total. The van der Waals surface area contributed by atoms with Crippen LogP contribution in [0, 0.1) is 5.92 Å². The highest BCUT2D eigenvalue weighted by Gasteiger charge is 2.15. The summed E-state index contributed by atoms with van der Waals surface area (Å²) < 4.78 is 2.32. The van der Waals surface area contributed by atoms with Gasteiger partial charge in [-0.2, -0.15) is 0 Å². The Morgan fingerprint density at radius 2 is 1.93 bits per heavy atom. The summed E-state index contributed by atoms with van der Waals surface area (Å²) in [7, 11) is 0. The predicted octanol–water partition coefficient (Wildman–Crippen LogP) is 3.61. The summed E-state index contributed by atoms with van der Waals surface area (Å²) >= 11 is 0. The second kappa shape index (κ2) is 4.63. The molecule has 0 bridgehead atoms. The van der Waals surface area contributed by atoms with Crippen molar-refractivity contribution in [2.24, 2.45) is 5.92 Å². The molecule has 80 valence electrons. The van der Waals surface area contributed by atoms with E-state index in [0.717, 1.165) is 0 Å². The molecule has 1 aromatic rings. The van der Waals surface area contributed by atoms with Gasteiger partial charge in [0.25, 0.3) is 0 Å². The minimum absolute atomic E-state index is 0.543. The molecule has 0 saturated carbocycles. The molecule has 1 aromatic heterocycles. The van der Waals surface area contributed by atoms with Crippen molar-refractivity contribution in [3.8, 4) is 0 Å². The zero-order valence-corrected chi connectivity index (χ0v) is 9.99. The van der Waals surface area contributed by atoms with Crippen LogP contribution in [0.1, 0.15) is 58.7 Å². The molecule has 0 aliphatic rings. The van der Waals surface area contributed by atoms with Gasteiger partial charge in [0.2, 0.25) is 0 Å². The molecule has 0 aliphatic heterocycles. The van der Waals surface area contributed by atoms with Gasteiger partial charge in [0.05, 0.1) is 6.33 Å². The van der Waals surface area contributed by atoms with Crippen molar-refractivity contribution in [2.75, 3.05) is 0 Å². The average Bonchev–Trinajstić information content (AvgIpc) is 2.63. The van der Waals surface area contributed by atoms with E-state index >= 15 is 0 Å². The number of aromatic nitrogens is 2. The molecule has 0 saturated heterocycles. The number of hydrogen-bond acceptors (Lipinski definition) is 1. The molecule has 1 rings (SSSR count). The molecule has 0 aliphatic carbocycles. The fraction of sp³-hybridized carbons (Fsp3) is 0.750. The van der Waals surface area contributed by atoms with Crippen LogP contribution < -0.4 is 0 Å². The second-order valence-electron chi connectivity index (χ2n) is 4.52. The van der Waals surface area contributed by atoms with E-state index in [1.807, 2.05) is 12.5 Å². The molecule has 0 fully saturated rings. The smallest absolute Gasteiger partial charge is 0.0950 e. The van der Waals surface area contributed by atoms with Gasteiger partial charge in [-0.1, -0.05) is 27.7 Å². The molecule has 0 radical (unpaired) electrons. The zero-order valence-electron chi connectivity index (χ0n) is 9.99. The minimum Gasteiger partial charge on any atom is -0.331 e. The molecule has 2 atom stereocenters. The van der Waals surface area contributed by atoms with Crippen molar-refractivity contribution < 1.29 is 0 Å². The lowest BCUT2D eigenvalue weighted by molar-refractivity contribution is 0.391. The quantitative estimate of drug-likeness (QED) is 0.716. The third-order valence-electron chi connectivity index (χ3n) is 3.22. The Balaban J connectivity index is 2.92. The molecule has 0 aromatic carbocycles. The van der Waals surface area contributed by atoms with Gasteiger partial charge in [-0.25, -0.2) is 4.98 Å². The van der Waals surface area contributed by atoms with E-state index in [-0.39, 0.29) is 0 Å². The van der Waals surface area contributed by atoms with Crippen LogP contribution in [0.3, 0.4) is 0 Å². The Labute approximate surface area is 87.4 Å². The highest BCUT2D eigenvalue weighted by molar-refractivity contribution is 5.06. The molecule has 0 amide bonds. The Bertz CT molecular complexity index is 276. The van der Waals surface area contributed by atoms with Gasteiger partial charge < -0.3 is 4.57 Å². The summed E-state index contributed by atoms with van der Waals surface area (Å²) in [5, 5.41) is 0. The third-order valence-corrected chi connectivity index (χ3v) is 3.22. The van der Waals surface area contributed by atoms with Crippen LogP contribution in [0.4, 0.5) is 0 Å². The maximum Gasteiger partial charge on any atom is 0.0950 e. The van der Waals surface area contributed by atoms with E-state index in [2.05, 4.69) is 44.2 Å². The van der Waals surface area contributed by atoms with Crippen LogP contribution in [-0.4, -0.2) is 9.55 Å². The van der Waals surface area contributed by atoms with Crippen LogP contribution >= 0.6 is 0 Å². The standard InChI is InChI=1S/C12H22N2/c1-6-10(4)12-7-13-8-14(12)11(5)9(2)3/h7-11H,6H2,1-5H3. The van der Waals surface area contributed by atoms with Crippen molar-refractivity contribution in [1.29, 1.82) is 0 Å². The molecule has 1 heterocycles. The molecule has 2 unspecified atom stereocenters. The minimum atomic E-state index is 0.543. The van der Waals surface area contributed by atoms with Crippen molar-refractivity contribution >= 4 is 0 Å². The third kappa shape index (κ3) is 2.17. The van der Waals surface area contributed by atoms with Gasteiger partial charge >= 0.3 is 0 Å². The largest absolute Gasteiger partial charge is 0.331 e. The zero-order chi connectivity index (χ0) is 10.7. The lowest BCUT2D eigenvalue weighted by Gasteiger charge is -2.22. The van der Waals surface area contributed by atoms with E-state index in [4.69, 9.17) is 0 Å². The first-order valence-corrected chi connectivity index (χ1v) is 5.59. The summed E-state index contributed by atoms with van der Waals surface area (Å²) in [5.74, 6) is 1.27. The van der Waals surface area contributed by atoms with Crippen LogP contribution in [0.15, 0.2) is 12.5 Å². The maximum atomic E-state index is 4.26. The Morgan fingerprint density at radius 3 is 2.43 bits per heavy atom. The van der Waals surface area contributed by atoms with E-state index in [9.17, 15) is 0 Å². The van der Waals surface area contributed by atoms with Crippen LogP contribution in [0.5, 0.6) is 0 Å². The summed E-state index contributed by atoms with van der Waals surface area (Å²) in [5.41, 5.74) is 1.37. The molecular formula is C12H22N2. The predicted molar refractivity (Wildman–Crippen MR) is 60.5 cm³/mol. The maximum absolute atomic E-state index is 4.26. The van der Waals surface area contributed by atoms with E-state index in [1.165, 1.54) is 12.1 Å². The average molecular weight is 194 g/mol. The van der Waals surface area contributed by atoms with Gasteiger partial charge in [-0.3, -0.25) is 0 Å². The van der Waals surface area contributed by atoms with E-state index < -0.39 is 0 Å². The molecular weight excluding hydrogens is 172 g/mol. The summed E-state index contributed by atoms with van der Waals surface area (Å²) in [6, 6.07) is 0.543. The number of imidazole rings is 1. The Hall–Kier alpha value is -0.790. The SMILES string of the molecule is CCC(C)c1cncn1C(C)C(C)C. The lowest BCUT2D eigenvalue weighted by atomic mass is 10.0. The summed E-state index contributed by atoms with van der Waals surface area (Å²) in [6.07, 6.45) is 5.15. The van der Waals surface area contributed by atoms with Crippen LogP contribution in [0.2, 0.25) is 0 Å². The van der Waals surface area contributed by atoms with Crippen LogP contribution in [0.25, 0.3) is 0 Å². The normalized spacial score (nSPS) is 15.9. The number of hydrogen-bond donors (Lipinski definition) is 0. The van der Waals surface area contributed by atoms with Crippen molar-refractivity contribution in [2.45, 2.75) is 53.0 Å². The molecule has 2 nitrogen and oxygen atoms in total. The topological polar surface area (TPSA) is 17.8 Å². The molecule has 2 heteroatoms. The van der Waals surface area contributed by atoms with Crippen molar-refractivity contribution in [1.82, 2.24) is 9.55 Å². The van der Waals surface area contributed by atoms with Crippen molar-refractivity contribution in [3.05, 3.63) is 18.2 Å². The van der Waals surface area contributed by atoms with Crippen molar-refractivity contribution in [3.63, 3.8) is 0 Å². The number of rotatable bonds is 4.